The Morgan fingerprint density at radius 3 is 2.74 bits per heavy atom. The van der Waals surface area contributed by atoms with Crippen molar-refractivity contribution in [3.63, 3.8) is 0 Å². The van der Waals surface area contributed by atoms with Gasteiger partial charge in [-0.3, -0.25) is 9.97 Å². The molecule has 0 unspecified atom stereocenters. The molecule has 0 aliphatic carbocycles. The van der Waals surface area contributed by atoms with E-state index in [4.69, 9.17) is 21.7 Å². The Hall–Kier alpha value is -4.63. The first-order valence-corrected chi connectivity index (χ1v) is 11.0. The molecule has 6 N–H and O–H groups in total. The number of benzene rings is 2. The molecule has 0 fully saturated rings. The fraction of sp³-hybridized carbons (Fsp3) is 0.0769. The van der Waals surface area contributed by atoms with E-state index in [1.54, 1.807) is 18.3 Å². The molecule has 3 heterocycles. The van der Waals surface area contributed by atoms with Gasteiger partial charge in [0.1, 0.15) is 11.6 Å². The lowest BCUT2D eigenvalue weighted by Crippen LogP contribution is -2.32. The molecule has 0 spiro atoms. The second-order valence-corrected chi connectivity index (χ2v) is 8.10. The molecule has 2 aromatic carbocycles. The second kappa shape index (κ2) is 9.32. The van der Waals surface area contributed by atoms with Crippen molar-refractivity contribution in [1.29, 1.82) is 0 Å². The Balaban J connectivity index is 1.60. The number of rotatable bonds is 5. The van der Waals surface area contributed by atoms with Crippen LogP contribution in [0.4, 0.5) is 4.39 Å². The monoisotopic (exact) mass is 466 g/mol. The molecule has 0 saturated carbocycles. The number of amidine groups is 1. The Labute approximate surface area is 200 Å². The first-order chi connectivity index (χ1) is 17.1. The van der Waals surface area contributed by atoms with Crippen molar-refractivity contribution in [1.82, 2.24) is 25.4 Å². The van der Waals surface area contributed by atoms with Gasteiger partial charge in [0, 0.05) is 29.3 Å². The molecule has 5 rings (SSSR count). The summed E-state index contributed by atoms with van der Waals surface area (Å²) in [7, 11) is 0. The van der Waals surface area contributed by atoms with Gasteiger partial charge in [-0.05, 0) is 55.0 Å². The zero-order chi connectivity index (χ0) is 24.4. The van der Waals surface area contributed by atoms with Crippen LogP contribution in [-0.4, -0.2) is 25.8 Å². The molecular weight excluding hydrogens is 443 g/mol. The summed E-state index contributed by atoms with van der Waals surface area (Å²) in [6.45, 7) is 1.95. The molecule has 0 radical (unpaired) electrons. The van der Waals surface area contributed by atoms with Crippen molar-refractivity contribution >= 4 is 16.7 Å². The lowest BCUT2D eigenvalue weighted by atomic mass is 10.1. The van der Waals surface area contributed by atoms with E-state index in [1.165, 1.54) is 6.07 Å². The standard InChI is InChI=1S/C26H23FN8/c1-15-4-2-6-22(31-15)25-24(18-8-10-21-17(14-18)5-3-11-30-21)32-23(33-25)13-16-7-9-20(27)19(12-16)26(34-28)35-29/h2-12,14H,13,28-29H2,1H3,(H,32,33)(H,34,35). The maximum atomic E-state index is 14.3. The van der Waals surface area contributed by atoms with Gasteiger partial charge in [0.2, 0.25) is 0 Å². The number of nitrogens with zero attached hydrogens (tertiary/aromatic N) is 4. The maximum absolute atomic E-state index is 14.3. The summed E-state index contributed by atoms with van der Waals surface area (Å²) in [4.78, 5) is 17.5. The molecule has 0 saturated heterocycles. The highest BCUT2D eigenvalue weighted by Crippen LogP contribution is 2.31. The zero-order valence-electron chi connectivity index (χ0n) is 19.0. The molecule has 8 nitrogen and oxygen atoms in total. The van der Waals surface area contributed by atoms with Crippen molar-refractivity contribution in [2.75, 3.05) is 0 Å². The van der Waals surface area contributed by atoms with Gasteiger partial charge in [0.25, 0.3) is 0 Å². The van der Waals surface area contributed by atoms with Crippen LogP contribution in [0.1, 0.15) is 22.6 Å². The smallest absolute Gasteiger partial charge is 0.169 e. The number of aryl methyl sites for hydroxylation is 1. The number of H-pyrrole nitrogens is 1. The fourth-order valence-electron chi connectivity index (χ4n) is 4.05. The molecular formula is C26H23FN8. The number of nitrogens with two attached hydrogens (primary N) is 2. The third-order valence-electron chi connectivity index (χ3n) is 5.70. The average Bonchev–Trinajstić information content (AvgIpc) is 3.30. The normalized spacial score (nSPS) is 11.7. The number of halogens is 1. The lowest BCUT2D eigenvalue weighted by Gasteiger charge is -2.07. The fourth-order valence-corrected chi connectivity index (χ4v) is 4.05. The summed E-state index contributed by atoms with van der Waals surface area (Å²) in [5, 5.41) is 4.54. The predicted octanol–water partition coefficient (Wildman–Crippen LogP) is 3.81. The van der Waals surface area contributed by atoms with Gasteiger partial charge in [0.05, 0.1) is 28.2 Å². The number of pyridine rings is 2. The minimum Gasteiger partial charge on any atom is -0.340 e. The van der Waals surface area contributed by atoms with Crippen LogP contribution in [0, 0.1) is 12.7 Å². The SMILES string of the molecule is Cc1cccc(-c2[nH]c(Cc3ccc(F)c(/C(=N/N)NN)c3)nc2-c2ccc3ncccc3c2)n1. The number of aromatic amines is 1. The van der Waals surface area contributed by atoms with Gasteiger partial charge in [-0.15, -0.1) is 0 Å². The number of fused-ring (bicyclic) bond motifs is 1. The van der Waals surface area contributed by atoms with E-state index in [0.29, 0.717) is 12.2 Å². The molecule has 35 heavy (non-hydrogen) atoms. The van der Waals surface area contributed by atoms with E-state index >= 15 is 0 Å². The van der Waals surface area contributed by atoms with Crippen molar-refractivity contribution in [2.45, 2.75) is 13.3 Å². The van der Waals surface area contributed by atoms with Crippen LogP contribution in [0.25, 0.3) is 33.5 Å². The van der Waals surface area contributed by atoms with Crippen LogP contribution in [-0.2, 0) is 6.42 Å². The van der Waals surface area contributed by atoms with E-state index in [2.05, 4.69) is 26.6 Å². The summed E-state index contributed by atoms with van der Waals surface area (Å²) < 4.78 is 14.3. The van der Waals surface area contributed by atoms with E-state index in [-0.39, 0.29) is 11.4 Å². The number of hydrogen-bond donors (Lipinski definition) is 4. The quantitative estimate of drug-likeness (QED) is 0.135. The Morgan fingerprint density at radius 2 is 1.94 bits per heavy atom. The number of imidazole rings is 1. The number of aromatic nitrogens is 4. The molecule has 0 aliphatic rings. The first kappa shape index (κ1) is 22.2. The van der Waals surface area contributed by atoms with Gasteiger partial charge < -0.3 is 16.3 Å². The summed E-state index contributed by atoms with van der Waals surface area (Å²) in [5.74, 6) is 11.0. The lowest BCUT2D eigenvalue weighted by molar-refractivity contribution is 0.623. The van der Waals surface area contributed by atoms with E-state index in [0.717, 1.165) is 44.8 Å². The molecule has 0 bridgehead atoms. The summed E-state index contributed by atoms with van der Waals surface area (Å²) in [6, 6.07) is 20.5. The number of hydrogen-bond acceptors (Lipinski definition) is 6. The van der Waals surface area contributed by atoms with Crippen LogP contribution < -0.4 is 17.1 Å². The highest BCUT2D eigenvalue weighted by Gasteiger charge is 2.17. The van der Waals surface area contributed by atoms with Gasteiger partial charge in [0.15, 0.2) is 5.84 Å². The molecule has 0 amide bonds. The molecule has 0 atom stereocenters. The molecule has 0 aliphatic heterocycles. The summed E-state index contributed by atoms with van der Waals surface area (Å²) >= 11 is 0. The Kier molecular flexibility index (Phi) is 5.90. The number of nitrogens with one attached hydrogen (secondary N) is 2. The predicted molar refractivity (Wildman–Crippen MR) is 135 cm³/mol. The highest BCUT2D eigenvalue weighted by molar-refractivity contribution is 5.98. The van der Waals surface area contributed by atoms with Crippen LogP contribution >= 0.6 is 0 Å². The average molecular weight is 467 g/mol. The maximum Gasteiger partial charge on any atom is 0.169 e. The minimum absolute atomic E-state index is 0.0545. The van der Waals surface area contributed by atoms with Crippen molar-refractivity contribution < 1.29 is 4.39 Å². The van der Waals surface area contributed by atoms with Crippen molar-refractivity contribution in [3.05, 3.63) is 101 Å². The van der Waals surface area contributed by atoms with E-state index in [9.17, 15) is 4.39 Å². The Bertz CT molecular complexity index is 1560. The molecule has 3 aromatic heterocycles. The van der Waals surface area contributed by atoms with Gasteiger partial charge in [-0.2, -0.15) is 5.10 Å². The first-order valence-electron chi connectivity index (χ1n) is 11.0. The largest absolute Gasteiger partial charge is 0.340 e. The van der Waals surface area contributed by atoms with Crippen LogP contribution in [0.3, 0.4) is 0 Å². The van der Waals surface area contributed by atoms with Gasteiger partial charge in [-0.1, -0.05) is 24.3 Å². The third-order valence-corrected chi connectivity index (χ3v) is 5.70. The van der Waals surface area contributed by atoms with E-state index in [1.807, 2.05) is 49.4 Å². The van der Waals surface area contributed by atoms with Crippen LogP contribution in [0.5, 0.6) is 0 Å². The third kappa shape index (κ3) is 4.44. The highest BCUT2D eigenvalue weighted by atomic mass is 19.1. The van der Waals surface area contributed by atoms with Crippen molar-refractivity contribution in [2.24, 2.45) is 16.8 Å². The summed E-state index contributed by atoms with van der Waals surface area (Å²) in [5.41, 5.74) is 8.44. The van der Waals surface area contributed by atoms with Crippen molar-refractivity contribution in [3.8, 4) is 22.6 Å². The zero-order valence-corrected chi connectivity index (χ0v) is 19.0. The Morgan fingerprint density at radius 1 is 1.06 bits per heavy atom. The van der Waals surface area contributed by atoms with Gasteiger partial charge >= 0.3 is 0 Å². The van der Waals surface area contributed by atoms with Crippen LogP contribution in [0.2, 0.25) is 0 Å². The van der Waals surface area contributed by atoms with Crippen LogP contribution in [0.15, 0.2) is 78.0 Å². The molecule has 9 heteroatoms. The molecule has 5 aromatic rings. The molecule has 174 valence electrons. The topological polar surface area (TPSA) is 131 Å². The number of hydrazone groups is 1. The second-order valence-electron chi connectivity index (χ2n) is 8.10. The van der Waals surface area contributed by atoms with Gasteiger partial charge in [-0.25, -0.2) is 15.2 Å². The van der Waals surface area contributed by atoms with E-state index < -0.39 is 5.82 Å². The minimum atomic E-state index is -0.481. The number of hydrazine groups is 1. The summed E-state index contributed by atoms with van der Waals surface area (Å²) in [6.07, 6.45) is 2.19.